The van der Waals surface area contributed by atoms with Crippen LogP contribution in [-0.4, -0.2) is 21.0 Å². The van der Waals surface area contributed by atoms with E-state index in [1.807, 2.05) is 18.2 Å². The molecule has 3 N–H and O–H groups in total. The molecule has 1 unspecified atom stereocenters. The highest BCUT2D eigenvalue weighted by molar-refractivity contribution is 7.13. The Morgan fingerprint density at radius 1 is 1.00 bits per heavy atom. The van der Waals surface area contributed by atoms with E-state index in [1.54, 1.807) is 54.2 Å². The minimum atomic E-state index is -1.00. The smallest absolute Gasteiger partial charge is 0.257 e. The van der Waals surface area contributed by atoms with E-state index in [0.29, 0.717) is 32.7 Å². The number of nitrogens with one attached hydrogen (secondary N) is 2. The first-order chi connectivity index (χ1) is 15.0. The van der Waals surface area contributed by atoms with Crippen molar-refractivity contribution < 1.29 is 9.90 Å². The first-order valence-electron chi connectivity index (χ1n) is 9.17. The average molecular weight is 471 g/mol. The van der Waals surface area contributed by atoms with Gasteiger partial charge in [0.05, 0.1) is 21.3 Å². The molecule has 0 bridgehead atoms. The largest absolute Gasteiger partial charge is 0.369 e. The van der Waals surface area contributed by atoms with Crippen LogP contribution in [0.25, 0.3) is 11.3 Å². The zero-order valence-corrected chi connectivity index (χ0v) is 18.2. The Morgan fingerprint density at radius 3 is 2.58 bits per heavy atom. The van der Waals surface area contributed by atoms with Gasteiger partial charge in [0.2, 0.25) is 0 Å². The summed E-state index contributed by atoms with van der Waals surface area (Å²) in [5.74, 6) is -0.381. The highest BCUT2D eigenvalue weighted by Crippen LogP contribution is 2.30. The molecule has 2 heterocycles. The summed E-state index contributed by atoms with van der Waals surface area (Å²) in [6.07, 6.45) is 2.31. The van der Waals surface area contributed by atoms with E-state index in [4.69, 9.17) is 23.2 Å². The lowest BCUT2D eigenvalue weighted by atomic mass is 10.1. The van der Waals surface area contributed by atoms with Gasteiger partial charge in [-0.05, 0) is 42.5 Å². The zero-order valence-electron chi connectivity index (χ0n) is 15.9. The van der Waals surface area contributed by atoms with Crippen molar-refractivity contribution in [3.8, 4) is 11.3 Å². The Labute approximate surface area is 192 Å². The number of rotatable bonds is 6. The maximum atomic E-state index is 12.8. The van der Waals surface area contributed by atoms with E-state index in [2.05, 4.69) is 20.6 Å². The van der Waals surface area contributed by atoms with Crippen LogP contribution in [0.4, 0.5) is 10.8 Å². The predicted molar refractivity (Wildman–Crippen MR) is 125 cm³/mol. The molecule has 0 aliphatic heterocycles. The minimum absolute atomic E-state index is 0.217. The van der Waals surface area contributed by atoms with E-state index < -0.39 is 6.23 Å². The van der Waals surface area contributed by atoms with Gasteiger partial charge in [0.15, 0.2) is 11.4 Å². The molecule has 1 amide bonds. The van der Waals surface area contributed by atoms with E-state index in [9.17, 15) is 9.90 Å². The Bertz CT molecular complexity index is 1200. The lowest BCUT2D eigenvalue weighted by Crippen LogP contribution is -2.14. The van der Waals surface area contributed by atoms with Gasteiger partial charge in [-0.3, -0.25) is 9.78 Å². The molecule has 31 heavy (non-hydrogen) atoms. The molecule has 4 rings (SSSR count). The summed E-state index contributed by atoms with van der Waals surface area (Å²) < 4.78 is 0. The molecule has 2 aromatic carbocycles. The summed E-state index contributed by atoms with van der Waals surface area (Å²) in [6, 6.07) is 15.4. The van der Waals surface area contributed by atoms with Gasteiger partial charge < -0.3 is 15.7 Å². The third-order valence-electron chi connectivity index (χ3n) is 4.41. The number of aliphatic hydroxyl groups is 1. The SMILES string of the molecule is O=C(Nc1ccc(Cl)c(-c2ccccn2)c1)c1ccc(C(O)Nc2nccs2)cc1Cl. The average Bonchev–Trinajstić information content (AvgIpc) is 3.28. The number of anilines is 2. The lowest BCUT2D eigenvalue weighted by molar-refractivity contribution is 0.102. The topological polar surface area (TPSA) is 87.1 Å². The molecule has 0 saturated carbocycles. The van der Waals surface area contributed by atoms with Crippen LogP contribution >= 0.6 is 34.5 Å². The number of aromatic nitrogens is 2. The van der Waals surface area contributed by atoms with Gasteiger partial charge in [-0.2, -0.15) is 0 Å². The Balaban J connectivity index is 1.51. The van der Waals surface area contributed by atoms with Gasteiger partial charge >= 0.3 is 0 Å². The molecular weight excluding hydrogens is 455 g/mol. The maximum Gasteiger partial charge on any atom is 0.257 e. The number of pyridine rings is 1. The third kappa shape index (κ3) is 5.03. The summed E-state index contributed by atoms with van der Waals surface area (Å²) in [6.45, 7) is 0. The number of nitrogens with zero attached hydrogens (tertiary/aromatic N) is 2. The molecule has 0 radical (unpaired) electrons. The van der Waals surface area contributed by atoms with Crippen LogP contribution in [0.3, 0.4) is 0 Å². The molecule has 156 valence electrons. The van der Waals surface area contributed by atoms with Crippen molar-refractivity contribution in [1.82, 2.24) is 9.97 Å². The van der Waals surface area contributed by atoms with Crippen molar-refractivity contribution in [2.75, 3.05) is 10.6 Å². The number of hydrogen-bond acceptors (Lipinski definition) is 6. The second kappa shape index (κ2) is 9.45. The summed E-state index contributed by atoms with van der Waals surface area (Å²) >= 11 is 14.0. The molecular formula is C22H16Cl2N4O2S. The van der Waals surface area contributed by atoms with Crippen LogP contribution in [0.5, 0.6) is 0 Å². The number of halogens is 2. The molecule has 0 fully saturated rings. The molecule has 0 aliphatic rings. The van der Waals surface area contributed by atoms with E-state index in [1.165, 1.54) is 11.3 Å². The Morgan fingerprint density at radius 2 is 1.87 bits per heavy atom. The van der Waals surface area contributed by atoms with Gasteiger partial charge in [0.1, 0.15) is 0 Å². The second-order valence-corrected chi connectivity index (χ2v) is 8.20. The fourth-order valence-corrected chi connectivity index (χ4v) is 3.94. The summed E-state index contributed by atoms with van der Waals surface area (Å²) in [4.78, 5) is 21.1. The van der Waals surface area contributed by atoms with Gasteiger partial charge in [0, 0.05) is 34.6 Å². The highest BCUT2D eigenvalue weighted by Gasteiger charge is 2.16. The molecule has 0 spiro atoms. The van der Waals surface area contributed by atoms with E-state index in [-0.39, 0.29) is 16.5 Å². The standard InChI is InChI=1S/C22H16Cl2N4O2S/c23-17-7-5-14(12-16(17)19-3-1-2-8-25-19)27-21(30)15-6-4-13(11-18(15)24)20(29)28-22-26-9-10-31-22/h1-12,20,29H,(H,26,28)(H,27,30). The molecule has 2 aromatic heterocycles. The maximum absolute atomic E-state index is 12.8. The summed E-state index contributed by atoms with van der Waals surface area (Å²) in [5, 5.41) is 19.1. The summed E-state index contributed by atoms with van der Waals surface area (Å²) in [7, 11) is 0. The fourth-order valence-electron chi connectivity index (χ4n) is 2.90. The van der Waals surface area contributed by atoms with Crippen molar-refractivity contribution >= 4 is 51.3 Å². The number of benzene rings is 2. The predicted octanol–water partition coefficient (Wildman–Crippen LogP) is 5.87. The third-order valence-corrected chi connectivity index (χ3v) is 5.76. The van der Waals surface area contributed by atoms with Crippen molar-refractivity contribution in [2.24, 2.45) is 0 Å². The lowest BCUT2D eigenvalue weighted by Gasteiger charge is -2.14. The van der Waals surface area contributed by atoms with Crippen LogP contribution in [0.15, 0.2) is 72.4 Å². The first kappa shape index (κ1) is 21.3. The molecule has 1 atom stereocenters. The number of hydrogen-bond donors (Lipinski definition) is 3. The van der Waals surface area contributed by atoms with Crippen LogP contribution in [-0.2, 0) is 0 Å². The number of carbonyl (C=O) groups excluding carboxylic acids is 1. The highest BCUT2D eigenvalue weighted by atomic mass is 35.5. The zero-order chi connectivity index (χ0) is 21.8. The molecule has 0 saturated heterocycles. The van der Waals surface area contributed by atoms with E-state index >= 15 is 0 Å². The first-order valence-corrected chi connectivity index (χ1v) is 10.8. The molecule has 4 aromatic rings. The van der Waals surface area contributed by atoms with Crippen LogP contribution in [0.2, 0.25) is 10.0 Å². The van der Waals surface area contributed by atoms with Crippen LogP contribution < -0.4 is 10.6 Å². The molecule has 9 heteroatoms. The van der Waals surface area contributed by atoms with Crippen molar-refractivity contribution in [3.05, 3.63) is 93.5 Å². The number of thiazole rings is 1. The van der Waals surface area contributed by atoms with Gasteiger partial charge in [-0.1, -0.05) is 35.3 Å². The fraction of sp³-hybridized carbons (Fsp3) is 0.0455. The number of carbonyl (C=O) groups is 1. The van der Waals surface area contributed by atoms with E-state index in [0.717, 1.165) is 0 Å². The van der Waals surface area contributed by atoms with Gasteiger partial charge in [-0.15, -0.1) is 11.3 Å². The van der Waals surface area contributed by atoms with Crippen LogP contribution in [0, 0.1) is 0 Å². The van der Waals surface area contributed by atoms with Crippen molar-refractivity contribution in [2.45, 2.75) is 6.23 Å². The molecule has 0 aliphatic carbocycles. The number of aliphatic hydroxyl groups excluding tert-OH is 1. The molecule has 6 nitrogen and oxygen atoms in total. The van der Waals surface area contributed by atoms with Crippen molar-refractivity contribution in [1.29, 1.82) is 0 Å². The monoisotopic (exact) mass is 470 g/mol. The van der Waals surface area contributed by atoms with Gasteiger partial charge in [0.25, 0.3) is 5.91 Å². The van der Waals surface area contributed by atoms with Crippen molar-refractivity contribution in [3.63, 3.8) is 0 Å². The Kier molecular flexibility index (Phi) is 6.48. The minimum Gasteiger partial charge on any atom is -0.369 e. The van der Waals surface area contributed by atoms with Crippen LogP contribution in [0.1, 0.15) is 22.1 Å². The second-order valence-electron chi connectivity index (χ2n) is 6.49. The van der Waals surface area contributed by atoms with Gasteiger partial charge in [-0.25, -0.2) is 4.98 Å². The summed E-state index contributed by atoms with van der Waals surface area (Å²) in [5.41, 5.74) is 2.76. The normalized spacial score (nSPS) is 11.7. The quantitative estimate of drug-likeness (QED) is 0.307. The Hall–Kier alpha value is -2.97. The number of amides is 1.